The fraction of sp³-hybridized carbons (Fsp3) is 0.462. The Labute approximate surface area is 114 Å². The molecule has 0 bridgehead atoms. The van der Waals surface area contributed by atoms with Crippen molar-refractivity contribution in [2.75, 3.05) is 5.32 Å². The molecule has 0 atom stereocenters. The molecule has 1 rings (SSSR count). The molecule has 1 aromatic rings. The van der Waals surface area contributed by atoms with Crippen molar-refractivity contribution < 1.29 is 18.0 Å². The highest BCUT2D eigenvalue weighted by Crippen LogP contribution is 2.34. The Hall–Kier alpha value is -1.23. The number of benzene rings is 1. The number of hydrogen-bond acceptors (Lipinski definition) is 1. The zero-order valence-electron chi connectivity index (χ0n) is 10.9. The Morgan fingerprint density at radius 1 is 1.26 bits per heavy atom. The number of alkyl halides is 3. The van der Waals surface area contributed by atoms with E-state index in [1.54, 1.807) is 0 Å². The van der Waals surface area contributed by atoms with Crippen LogP contribution in [0.2, 0.25) is 5.02 Å². The summed E-state index contributed by atoms with van der Waals surface area (Å²) in [5, 5.41) is 2.49. The van der Waals surface area contributed by atoms with E-state index in [0.29, 0.717) is 0 Å². The van der Waals surface area contributed by atoms with E-state index in [1.165, 1.54) is 0 Å². The van der Waals surface area contributed by atoms with Gasteiger partial charge in [-0.05, 0) is 23.6 Å². The number of halogens is 4. The molecule has 0 aromatic heterocycles. The van der Waals surface area contributed by atoms with Gasteiger partial charge in [-0.25, -0.2) is 0 Å². The van der Waals surface area contributed by atoms with Crippen LogP contribution in [0, 0.1) is 5.41 Å². The summed E-state index contributed by atoms with van der Waals surface area (Å²) in [6, 6.07) is 2.84. The minimum absolute atomic E-state index is 0.0225. The van der Waals surface area contributed by atoms with Crippen molar-refractivity contribution >= 4 is 23.2 Å². The summed E-state index contributed by atoms with van der Waals surface area (Å²) in [5.74, 6) is -0.367. The Kier molecular flexibility index (Phi) is 4.50. The molecule has 1 N–H and O–H groups in total. The van der Waals surface area contributed by atoms with Gasteiger partial charge in [0.2, 0.25) is 5.91 Å². The highest BCUT2D eigenvalue weighted by atomic mass is 35.5. The van der Waals surface area contributed by atoms with Crippen molar-refractivity contribution in [3.8, 4) is 0 Å². The third-order valence-corrected chi connectivity index (χ3v) is 2.59. The molecule has 1 aromatic carbocycles. The maximum absolute atomic E-state index is 12.6. The first-order valence-electron chi connectivity index (χ1n) is 5.66. The summed E-state index contributed by atoms with van der Waals surface area (Å²) < 4.78 is 37.7. The van der Waals surface area contributed by atoms with E-state index in [9.17, 15) is 18.0 Å². The Morgan fingerprint density at radius 2 is 1.84 bits per heavy atom. The maximum atomic E-state index is 12.6. The molecular weight excluding hydrogens is 279 g/mol. The van der Waals surface area contributed by atoms with Crippen molar-refractivity contribution in [1.82, 2.24) is 0 Å². The summed E-state index contributed by atoms with van der Waals surface area (Å²) in [6.45, 7) is 5.58. The molecule has 0 aliphatic rings. The van der Waals surface area contributed by atoms with Crippen LogP contribution in [0.3, 0.4) is 0 Å². The molecule has 0 aliphatic heterocycles. The van der Waals surface area contributed by atoms with Gasteiger partial charge in [-0.3, -0.25) is 4.79 Å². The van der Waals surface area contributed by atoms with Crippen LogP contribution < -0.4 is 5.32 Å². The summed E-state index contributed by atoms with van der Waals surface area (Å²) in [5.41, 5.74) is -1.12. The van der Waals surface area contributed by atoms with E-state index < -0.39 is 11.7 Å². The normalized spacial score (nSPS) is 12.4. The monoisotopic (exact) mass is 293 g/mol. The fourth-order valence-electron chi connectivity index (χ4n) is 1.47. The van der Waals surface area contributed by atoms with E-state index in [-0.39, 0.29) is 28.5 Å². The second-order valence-electron chi connectivity index (χ2n) is 5.48. The molecule has 0 heterocycles. The molecule has 0 unspecified atom stereocenters. The van der Waals surface area contributed by atoms with E-state index in [0.717, 1.165) is 18.2 Å². The van der Waals surface area contributed by atoms with Crippen LogP contribution in [-0.2, 0) is 11.0 Å². The predicted molar refractivity (Wildman–Crippen MR) is 69.2 cm³/mol. The molecule has 0 saturated carbocycles. The van der Waals surface area contributed by atoms with Crippen LogP contribution in [0.15, 0.2) is 18.2 Å². The van der Waals surface area contributed by atoms with Gasteiger partial charge in [0, 0.05) is 6.42 Å². The Bertz CT molecular complexity index is 478. The Morgan fingerprint density at radius 3 is 2.32 bits per heavy atom. The zero-order chi connectivity index (χ0) is 14.8. The standard InChI is InChI=1S/C13H15ClF3NO/c1-12(2,3)7-11(19)18-10-6-8(13(15,16)17)4-5-9(10)14/h4-6H,7H2,1-3H3,(H,18,19). The molecule has 0 aliphatic carbocycles. The van der Waals surface area contributed by atoms with Crippen LogP contribution >= 0.6 is 11.6 Å². The van der Waals surface area contributed by atoms with Gasteiger partial charge >= 0.3 is 6.18 Å². The van der Waals surface area contributed by atoms with Gasteiger partial charge in [0.05, 0.1) is 16.3 Å². The average Bonchev–Trinajstić information content (AvgIpc) is 2.16. The second-order valence-corrected chi connectivity index (χ2v) is 5.89. The molecular formula is C13H15ClF3NO. The van der Waals surface area contributed by atoms with E-state index >= 15 is 0 Å². The number of rotatable bonds is 2. The summed E-state index contributed by atoms with van der Waals surface area (Å²) in [6.07, 6.45) is -4.27. The molecule has 19 heavy (non-hydrogen) atoms. The average molecular weight is 294 g/mol. The summed E-state index contributed by atoms with van der Waals surface area (Å²) in [4.78, 5) is 11.7. The van der Waals surface area contributed by atoms with Crippen molar-refractivity contribution in [3.05, 3.63) is 28.8 Å². The lowest BCUT2D eigenvalue weighted by Gasteiger charge is -2.18. The first-order valence-corrected chi connectivity index (χ1v) is 6.03. The first kappa shape index (κ1) is 15.8. The number of carbonyl (C=O) groups is 1. The molecule has 2 nitrogen and oxygen atoms in total. The Balaban J connectivity index is 2.92. The van der Waals surface area contributed by atoms with Crippen molar-refractivity contribution in [1.29, 1.82) is 0 Å². The van der Waals surface area contributed by atoms with Gasteiger partial charge in [0.15, 0.2) is 0 Å². The largest absolute Gasteiger partial charge is 0.416 e. The van der Waals surface area contributed by atoms with Crippen LogP contribution in [0.4, 0.5) is 18.9 Å². The van der Waals surface area contributed by atoms with Crippen LogP contribution in [0.1, 0.15) is 32.8 Å². The second kappa shape index (κ2) is 5.41. The van der Waals surface area contributed by atoms with Crippen molar-refractivity contribution in [2.45, 2.75) is 33.4 Å². The minimum Gasteiger partial charge on any atom is -0.325 e. The SMILES string of the molecule is CC(C)(C)CC(=O)Nc1cc(C(F)(F)F)ccc1Cl. The summed E-state index contributed by atoms with van der Waals surface area (Å²) in [7, 11) is 0. The van der Waals surface area contributed by atoms with E-state index in [4.69, 9.17) is 11.6 Å². The van der Waals surface area contributed by atoms with Gasteiger partial charge in [0.1, 0.15) is 0 Å². The highest BCUT2D eigenvalue weighted by Gasteiger charge is 2.31. The lowest BCUT2D eigenvalue weighted by Crippen LogP contribution is -2.20. The van der Waals surface area contributed by atoms with Crippen LogP contribution in [0.25, 0.3) is 0 Å². The van der Waals surface area contributed by atoms with Crippen molar-refractivity contribution in [2.24, 2.45) is 5.41 Å². The molecule has 6 heteroatoms. The minimum atomic E-state index is -4.46. The van der Waals surface area contributed by atoms with Gasteiger partial charge in [-0.2, -0.15) is 13.2 Å². The van der Waals surface area contributed by atoms with Gasteiger partial charge in [0.25, 0.3) is 0 Å². The molecule has 106 valence electrons. The highest BCUT2D eigenvalue weighted by molar-refractivity contribution is 6.33. The predicted octanol–water partition coefficient (Wildman–Crippen LogP) is 4.73. The first-order chi connectivity index (χ1) is 8.49. The van der Waals surface area contributed by atoms with Crippen LogP contribution in [-0.4, -0.2) is 5.91 Å². The number of amides is 1. The topological polar surface area (TPSA) is 29.1 Å². The third-order valence-electron chi connectivity index (χ3n) is 2.26. The zero-order valence-corrected chi connectivity index (χ0v) is 11.6. The van der Waals surface area contributed by atoms with Gasteiger partial charge < -0.3 is 5.32 Å². The van der Waals surface area contributed by atoms with Crippen LogP contribution in [0.5, 0.6) is 0 Å². The summed E-state index contributed by atoms with van der Waals surface area (Å²) >= 11 is 5.78. The quantitative estimate of drug-likeness (QED) is 0.839. The molecule has 1 amide bonds. The maximum Gasteiger partial charge on any atom is 0.416 e. The third kappa shape index (κ3) is 5.11. The number of hydrogen-bond donors (Lipinski definition) is 1. The van der Waals surface area contributed by atoms with E-state index in [2.05, 4.69) is 5.32 Å². The molecule has 0 spiro atoms. The smallest absolute Gasteiger partial charge is 0.325 e. The number of carbonyl (C=O) groups excluding carboxylic acids is 1. The lowest BCUT2D eigenvalue weighted by molar-refractivity contribution is -0.137. The molecule has 0 radical (unpaired) electrons. The van der Waals surface area contributed by atoms with E-state index in [1.807, 2.05) is 20.8 Å². The number of nitrogens with one attached hydrogen (secondary N) is 1. The molecule has 0 saturated heterocycles. The fourth-order valence-corrected chi connectivity index (χ4v) is 1.64. The number of anilines is 1. The van der Waals surface area contributed by atoms with Gasteiger partial charge in [-0.15, -0.1) is 0 Å². The van der Waals surface area contributed by atoms with Crippen molar-refractivity contribution in [3.63, 3.8) is 0 Å². The lowest BCUT2D eigenvalue weighted by atomic mass is 9.92. The molecule has 0 fully saturated rings. The van der Waals surface area contributed by atoms with Gasteiger partial charge in [-0.1, -0.05) is 32.4 Å².